The Hall–Kier alpha value is -1.39. The number of carbonyl (C=O) groups excluding carboxylic acids is 1. The van der Waals surface area contributed by atoms with Gasteiger partial charge in [0, 0.05) is 18.7 Å². The highest BCUT2D eigenvalue weighted by molar-refractivity contribution is 5.90. The maximum Gasteiger partial charge on any atom is 0.224 e. The van der Waals surface area contributed by atoms with Crippen LogP contribution in [0.4, 0.5) is 5.69 Å². The molecule has 0 saturated carbocycles. The van der Waals surface area contributed by atoms with E-state index in [1.165, 1.54) is 0 Å². The molecule has 0 radical (unpaired) electrons. The molecule has 0 saturated heterocycles. The molecule has 94 valence electrons. The van der Waals surface area contributed by atoms with Crippen molar-refractivity contribution in [3.63, 3.8) is 0 Å². The number of hydrogen-bond donors (Lipinski definition) is 3. The Balaban J connectivity index is 2.50. The standard InChI is InChI=1S/C13H20N2O2/c14-8-2-7-13(17)15-12-6-1-4-11(10-12)5-3-9-16/h1,4,6,10,16H,2-3,5,7-9,14H2,(H,15,17). The summed E-state index contributed by atoms with van der Waals surface area (Å²) in [4.78, 5) is 11.5. The first kappa shape index (κ1) is 13.7. The van der Waals surface area contributed by atoms with Gasteiger partial charge in [0.25, 0.3) is 0 Å². The highest BCUT2D eigenvalue weighted by Gasteiger charge is 2.02. The first-order chi connectivity index (χ1) is 8.26. The van der Waals surface area contributed by atoms with Crippen LogP contribution in [0.3, 0.4) is 0 Å². The van der Waals surface area contributed by atoms with Gasteiger partial charge >= 0.3 is 0 Å². The molecule has 0 aliphatic carbocycles. The van der Waals surface area contributed by atoms with Gasteiger partial charge in [-0.1, -0.05) is 12.1 Å². The Morgan fingerprint density at radius 2 is 2.18 bits per heavy atom. The van der Waals surface area contributed by atoms with E-state index in [1.807, 2.05) is 24.3 Å². The lowest BCUT2D eigenvalue weighted by Gasteiger charge is -2.06. The average molecular weight is 236 g/mol. The highest BCUT2D eigenvalue weighted by Crippen LogP contribution is 2.12. The lowest BCUT2D eigenvalue weighted by atomic mass is 10.1. The van der Waals surface area contributed by atoms with Gasteiger partial charge in [0.05, 0.1) is 0 Å². The average Bonchev–Trinajstić information content (AvgIpc) is 2.34. The Morgan fingerprint density at radius 1 is 1.35 bits per heavy atom. The molecule has 4 heteroatoms. The van der Waals surface area contributed by atoms with E-state index in [4.69, 9.17) is 10.8 Å². The molecule has 17 heavy (non-hydrogen) atoms. The SMILES string of the molecule is NCCCC(=O)Nc1cccc(CCCO)c1. The summed E-state index contributed by atoms with van der Waals surface area (Å²) in [5, 5.41) is 11.6. The molecule has 1 aromatic rings. The summed E-state index contributed by atoms with van der Waals surface area (Å²) < 4.78 is 0. The number of amides is 1. The molecule has 1 amide bonds. The Bertz CT molecular complexity index is 353. The minimum atomic E-state index is -0.00485. The molecule has 0 atom stereocenters. The van der Waals surface area contributed by atoms with Crippen molar-refractivity contribution in [2.45, 2.75) is 25.7 Å². The third-order valence-electron chi connectivity index (χ3n) is 2.44. The predicted octanol–water partition coefficient (Wildman–Crippen LogP) is 1.29. The summed E-state index contributed by atoms with van der Waals surface area (Å²) in [5.41, 5.74) is 7.27. The van der Waals surface area contributed by atoms with E-state index in [-0.39, 0.29) is 12.5 Å². The zero-order valence-corrected chi connectivity index (χ0v) is 9.98. The number of anilines is 1. The largest absolute Gasteiger partial charge is 0.396 e. The highest BCUT2D eigenvalue weighted by atomic mass is 16.2. The fraction of sp³-hybridized carbons (Fsp3) is 0.462. The molecule has 0 aliphatic rings. The molecule has 0 aliphatic heterocycles. The van der Waals surface area contributed by atoms with E-state index in [9.17, 15) is 4.79 Å². The quantitative estimate of drug-likeness (QED) is 0.667. The van der Waals surface area contributed by atoms with Crippen LogP contribution < -0.4 is 11.1 Å². The second-order valence-corrected chi connectivity index (χ2v) is 3.97. The topological polar surface area (TPSA) is 75.4 Å². The van der Waals surface area contributed by atoms with Crippen molar-refractivity contribution in [3.05, 3.63) is 29.8 Å². The van der Waals surface area contributed by atoms with Gasteiger partial charge in [0.1, 0.15) is 0 Å². The smallest absolute Gasteiger partial charge is 0.224 e. The van der Waals surface area contributed by atoms with E-state index in [0.717, 1.165) is 24.1 Å². The summed E-state index contributed by atoms with van der Waals surface area (Å²) in [6.45, 7) is 0.719. The van der Waals surface area contributed by atoms with Gasteiger partial charge in [-0.15, -0.1) is 0 Å². The summed E-state index contributed by atoms with van der Waals surface area (Å²) in [6, 6.07) is 7.70. The molecule has 0 spiro atoms. The maximum absolute atomic E-state index is 11.5. The van der Waals surface area contributed by atoms with E-state index in [2.05, 4.69) is 5.32 Å². The molecule has 0 fully saturated rings. The van der Waals surface area contributed by atoms with Crippen LogP contribution in [0.15, 0.2) is 24.3 Å². The second-order valence-electron chi connectivity index (χ2n) is 3.97. The number of nitrogens with two attached hydrogens (primary N) is 1. The summed E-state index contributed by atoms with van der Waals surface area (Å²) >= 11 is 0. The van der Waals surface area contributed by atoms with Crippen molar-refractivity contribution in [2.24, 2.45) is 5.73 Å². The predicted molar refractivity (Wildman–Crippen MR) is 68.8 cm³/mol. The lowest BCUT2D eigenvalue weighted by molar-refractivity contribution is -0.116. The van der Waals surface area contributed by atoms with Crippen molar-refractivity contribution >= 4 is 11.6 Å². The van der Waals surface area contributed by atoms with Crippen molar-refractivity contribution in [1.29, 1.82) is 0 Å². The molecular formula is C13H20N2O2. The molecule has 1 aromatic carbocycles. The van der Waals surface area contributed by atoms with E-state index >= 15 is 0 Å². The minimum Gasteiger partial charge on any atom is -0.396 e. The normalized spacial score (nSPS) is 10.2. The van der Waals surface area contributed by atoms with Crippen LogP contribution in [-0.2, 0) is 11.2 Å². The molecule has 4 nitrogen and oxygen atoms in total. The number of aliphatic hydroxyl groups excluding tert-OH is 1. The van der Waals surface area contributed by atoms with Crippen molar-refractivity contribution in [1.82, 2.24) is 0 Å². The summed E-state index contributed by atoms with van der Waals surface area (Å²) in [5.74, 6) is -0.00485. The van der Waals surface area contributed by atoms with Crippen molar-refractivity contribution in [3.8, 4) is 0 Å². The van der Waals surface area contributed by atoms with Gasteiger partial charge in [-0.3, -0.25) is 4.79 Å². The van der Waals surface area contributed by atoms with Crippen molar-refractivity contribution in [2.75, 3.05) is 18.5 Å². The molecule has 0 aromatic heterocycles. The van der Waals surface area contributed by atoms with Gasteiger partial charge in [-0.25, -0.2) is 0 Å². The van der Waals surface area contributed by atoms with Gasteiger partial charge < -0.3 is 16.2 Å². The fourth-order valence-corrected chi connectivity index (χ4v) is 1.57. The minimum absolute atomic E-state index is 0.00485. The maximum atomic E-state index is 11.5. The van der Waals surface area contributed by atoms with E-state index < -0.39 is 0 Å². The fourth-order valence-electron chi connectivity index (χ4n) is 1.57. The van der Waals surface area contributed by atoms with Gasteiger partial charge in [-0.05, 0) is 43.5 Å². The third kappa shape index (κ3) is 5.47. The number of hydrogen-bond acceptors (Lipinski definition) is 3. The van der Waals surface area contributed by atoms with Gasteiger partial charge in [-0.2, -0.15) is 0 Å². The Kier molecular flexibility index (Phi) is 6.29. The summed E-state index contributed by atoms with van der Waals surface area (Å²) in [6.07, 6.45) is 2.72. The van der Waals surface area contributed by atoms with Crippen LogP contribution in [0.1, 0.15) is 24.8 Å². The van der Waals surface area contributed by atoms with Crippen LogP contribution in [0.5, 0.6) is 0 Å². The molecule has 0 heterocycles. The Morgan fingerprint density at radius 3 is 2.88 bits per heavy atom. The first-order valence-corrected chi connectivity index (χ1v) is 5.96. The third-order valence-corrected chi connectivity index (χ3v) is 2.44. The van der Waals surface area contributed by atoms with Crippen LogP contribution >= 0.6 is 0 Å². The zero-order chi connectivity index (χ0) is 12.5. The summed E-state index contributed by atoms with van der Waals surface area (Å²) in [7, 11) is 0. The van der Waals surface area contributed by atoms with Crippen LogP contribution in [0.25, 0.3) is 0 Å². The monoisotopic (exact) mass is 236 g/mol. The van der Waals surface area contributed by atoms with Crippen LogP contribution in [0.2, 0.25) is 0 Å². The number of aliphatic hydroxyl groups is 1. The molecule has 0 unspecified atom stereocenters. The number of carbonyl (C=O) groups is 1. The number of benzene rings is 1. The zero-order valence-electron chi connectivity index (χ0n) is 9.98. The Labute approximate surface area is 102 Å². The van der Waals surface area contributed by atoms with Gasteiger partial charge in [0.15, 0.2) is 0 Å². The lowest BCUT2D eigenvalue weighted by Crippen LogP contribution is -2.13. The number of nitrogens with one attached hydrogen (secondary N) is 1. The van der Waals surface area contributed by atoms with Crippen molar-refractivity contribution < 1.29 is 9.90 Å². The molecular weight excluding hydrogens is 216 g/mol. The first-order valence-electron chi connectivity index (χ1n) is 5.96. The van der Waals surface area contributed by atoms with Crippen LogP contribution in [-0.4, -0.2) is 24.2 Å². The number of rotatable bonds is 7. The van der Waals surface area contributed by atoms with E-state index in [0.29, 0.717) is 19.4 Å². The molecule has 1 rings (SSSR count). The van der Waals surface area contributed by atoms with Gasteiger partial charge in [0.2, 0.25) is 5.91 Å². The van der Waals surface area contributed by atoms with E-state index in [1.54, 1.807) is 0 Å². The van der Waals surface area contributed by atoms with Crippen LogP contribution in [0, 0.1) is 0 Å². The molecule has 4 N–H and O–H groups in total. The second kappa shape index (κ2) is 7.81. The number of aryl methyl sites for hydroxylation is 1. The molecule has 0 bridgehead atoms.